The van der Waals surface area contributed by atoms with Crippen LogP contribution in [0.4, 0.5) is 5.69 Å². The van der Waals surface area contributed by atoms with Gasteiger partial charge in [0.15, 0.2) is 0 Å². The molecule has 0 fully saturated rings. The van der Waals surface area contributed by atoms with E-state index >= 15 is 0 Å². The first-order valence-corrected chi connectivity index (χ1v) is 9.73. The van der Waals surface area contributed by atoms with Crippen molar-refractivity contribution in [3.8, 4) is 22.8 Å². The molecule has 0 atom stereocenters. The third kappa shape index (κ3) is 4.96. The number of carbonyl (C=O) groups excluding carboxylic acids is 2. The van der Waals surface area contributed by atoms with Crippen LogP contribution in [0.15, 0.2) is 73.4 Å². The summed E-state index contributed by atoms with van der Waals surface area (Å²) in [6, 6.07) is 11.7. The molecule has 0 saturated carbocycles. The molecule has 0 radical (unpaired) electrons. The monoisotopic (exact) mass is 428 g/mol. The maximum atomic E-state index is 12.4. The van der Waals surface area contributed by atoms with Gasteiger partial charge in [-0.05, 0) is 35.9 Å². The third-order valence-electron chi connectivity index (χ3n) is 4.59. The van der Waals surface area contributed by atoms with Crippen LogP contribution >= 0.6 is 0 Å². The minimum atomic E-state index is -0.682. The summed E-state index contributed by atoms with van der Waals surface area (Å²) in [5.74, 6) is -0.0441. The van der Waals surface area contributed by atoms with Crippen LogP contribution in [0, 0.1) is 0 Å². The van der Waals surface area contributed by atoms with E-state index in [4.69, 9.17) is 10.5 Å². The molecular formula is C23H20N6O3. The second-order valence-corrected chi connectivity index (χ2v) is 7.04. The number of rotatable bonds is 7. The van der Waals surface area contributed by atoms with Gasteiger partial charge in [-0.25, -0.2) is 0 Å². The van der Waals surface area contributed by atoms with Crippen molar-refractivity contribution in [3.05, 3.63) is 84.6 Å². The average Bonchev–Trinajstić information content (AvgIpc) is 3.22. The summed E-state index contributed by atoms with van der Waals surface area (Å²) < 4.78 is 7.58. The zero-order chi connectivity index (χ0) is 22.5. The van der Waals surface area contributed by atoms with E-state index in [2.05, 4.69) is 20.4 Å². The fraction of sp³-hybridized carbons (Fsp3) is 0.0870. The van der Waals surface area contributed by atoms with Gasteiger partial charge in [0.05, 0.1) is 29.6 Å². The van der Waals surface area contributed by atoms with Gasteiger partial charge >= 0.3 is 0 Å². The molecule has 9 nitrogen and oxygen atoms in total. The molecule has 0 aliphatic rings. The van der Waals surface area contributed by atoms with Crippen LogP contribution < -0.4 is 15.8 Å². The van der Waals surface area contributed by atoms with Crippen LogP contribution in [0.1, 0.15) is 15.9 Å². The number of amides is 2. The topological polar surface area (TPSA) is 125 Å². The standard InChI is InChI=1S/C23H20N6O3/c1-29-14-16(13-27-29)21-11-18(6-8-26-21)32-17-4-5-20(19(10-17)23(24)31)28-22(30)9-15-3-2-7-25-12-15/h2-8,10-14H,9H2,1H3,(H2,24,31)(H,28,30). The van der Waals surface area contributed by atoms with Gasteiger partial charge in [0.25, 0.3) is 5.91 Å². The first-order chi connectivity index (χ1) is 15.5. The molecule has 4 rings (SSSR count). The number of aryl methyl sites for hydroxylation is 1. The van der Waals surface area contributed by atoms with Crippen molar-refractivity contribution in [3.63, 3.8) is 0 Å². The van der Waals surface area contributed by atoms with Gasteiger partial charge in [-0.1, -0.05) is 6.07 Å². The maximum absolute atomic E-state index is 12.4. The fourth-order valence-electron chi connectivity index (χ4n) is 3.10. The lowest BCUT2D eigenvalue weighted by atomic mass is 10.1. The van der Waals surface area contributed by atoms with Crippen LogP contribution in [0.25, 0.3) is 11.3 Å². The van der Waals surface area contributed by atoms with Gasteiger partial charge in [0, 0.05) is 43.5 Å². The number of anilines is 1. The Hall–Kier alpha value is -4.53. The first kappa shape index (κ1) is 20.7. The first-order valence-electron chi connectivity index (χ1n) is 9.73. The second kappa shape index (κ2) is 9.09. The minimum absolute atomic E-state index is 0.123. The zero-order valence-corrected chi connectivity index (χ0v) is 17.2. The highest BCUT2D eigenvalue weighted by atomic mass is 16.5. The lowest BCUT2D eigenvalue weighted by molar-refractivity contribution is -0.115. The van der Waals surface area contributed by atoms with E-state index in [0.717, 1.165) is 11.1 Å². The molecule has 2 amide bonds. The fourth-order valence-corrected chi connectivity index (χ4v) is 3.10. The molecule has 9 heteroatoms. The van der Waals surface area contributed by atoms with Crippen LogP contribution in [0.3, 0.4) is 0 Å². The van der Waals surface area contributed by atoms with Gasteiger partial charge in [-0.2, -0.15) is 5.10 Å². The smallest absolute Gasteiger partial charge is 0.250 e. The molecule has 3 aromatic heterocycles. The van der Waals surface area contributed by atoms with E-state index in [-0.39, 0.29) is 17.9 Å². The minimum Gasteiger partial charge on any atom is -0.457 e. The number of hydrogen-bond donors (Lipinski definition) is 2. The van der Waals surface area contributed by atoms with Crippen LogP contribution in [-0.2, 0) is 18.3 Å². The number of nitrogens with two attached hydrogens (primary N) is 1. The summed E-state index contributed by atoms with van der Waals surface area (Å²) in [6.45, 7) is 0. The lowest BCUT2D eigenvalue weighted by Gasteiger charge is -2.12. The largest absolute Gasteiger partial charge is 0.457 e. The van der Waals surface area contributed by atoms with E-state index < -0.39 is 5.91 Å². The molecule has 3 N–H and O–H groups in total. The Morgan fingerprint density at radius 2 is 1.94 bits per heavy atom. The average molecular weight is 428 g/mol. The SMILES string of the molecule is Cn1cc(-c2cc(Oc3ccc(NC(=O)Cc4cccnc4)c(C(N)=O)c3)ccn2)cn1. The molecule has 3 heterocycles. The van der Waals surface area contributed by atoms with Crippen molar-refractivity contribution in [1.29, 1.82) is 0 Å². The molecule has 0 aliphatic carbocycles. The number of hydrogen-bond acceptors (Lipinski definition) is 6. The van der Waals surface area contributed by atoms with E-state index in [9.17, 15) is 9.59 Å². The summed E-state index contributed by atoms with van der Waals surface area (Å²) in [6.07, 6.45) is 8.55. The van der Waals surface area contributed by atoms with Gasteiger partial charge in [0.2, 0.25) is 5.91 Å². The molecule has 0 saturated heterocycles. The molecule has 0 unspecified atom stereocenters. The number of nitrogens with one attached hydrogen (secondary N) is 1. The Labute approximate surface area is 183 Å². The Balaban J connectivity index is 1.52. The van der Waals surface area contributed by atoms with Gasteiger partial charge in [0.1, 0.15) is 11.5 Å². The van der Waals surface area contributed by atoms with Crippen molar-refractivity contribution in [2.45, 2.75) is 6.42 Å². The normalized spacial score (nSPS) is 10.5. The number of nitrogens with zero attached hydrogens (tertiary/aromatic N) is 4. The summed E-state index contributed by atoms with van der Waals surface area (Å²) in [7, 11) is 1.83. The number of primary amides is 1. The van der Waals surface area contributed by atoms with E-state index in [1.54, 1.807) is 65.9 Å². The van der Waals surface area contributed by atoms with E-state index in [1.165, 1.54) is 6.07 Å². The highest BCUT2D eigenvalue weighted by Crippen LogP contribution is 2.28. The number of ether oxygens (including phenoxy) is 1. The zero-order valence-electron chi connectivity index (χ0n) is 17.2. The predicted molar refractivity (Wildman–Crippen MR) is 118 cm³/mol. The summed E-state index contributed by atoms with van der Waals surface area (Å²) in [5, 5.41) is 6.87. The summed E-state index contributed by atoms with van der Waals surface area (Å²) >= 11 is 0. The Morgan fingerprint density at radius 1 is 1.09 bits per heavy atom. The molecule has 32 heavy (non-hydrogen) atoms. The lowest BCUT2D eigenvalue weighted by Crippen LogP contribution is -2.19. The quantitative estimate of drug-likeness (QED) is 0.466. The summed E-state index contributed by atoms with van der Waals surface area (Å²) in [4.78, 5) is 32.7. The van der Waals surface area contributed by atoms with Crippen LogP contribution in [-0.4, -0.2) is 31.6 Å². The molecule has 1 aromatic carbocycles. The maximum Gasteiger partial charge on any atom is 0.250 e. The van der Waals surface area contributed by atoms with Crippen molar-refractivity contribution in [2.75, 3.05) is 5.32 Å². The number of benzene rings is 1. The summed E-state index contributed by atoms with van der Waals surface area (Å²) in [5.41, 5.74) is 8.29. The van der Waals surface area contributed by atoms with E-state index in [1.807, 2.05) is 13.2 Å². The van der Waals surface area contributed by atoms with E-state index in [0.29, 0.717) is 22.9 Å². The number of aromatic nitrogens is 4. The van der Waals surface area contributed by atoms with Crippen LogP contribution in [0.2, 0.25) is 0 Å². The van der Waals surface area contributed by atoms with Crippen molar-refractivity contribution in [1.82, 2.24) is 19.7 Å². The van der Waals surface area contributed by atoms with Crippen molar-refractivity contribution < 1.29 is 14.3 Å². The molecule has 0 aliphatic heterocycles. The molecule has 4 aromatic rings. The van der Waals surface area contributed by atoms with Gasteiger partial charge in [-0.15, -0.1) is 0 Å². The Morgan fingerprint density at radius 3 is 2.66 bits per heavy atom. The Bertz CT molecular complexity index is 1270. The molecule has 0 spiro atoms. The number of carbonyl (C=O) groups is 2. The third-order valence-corrected chi connectivity index (χ3v) is 4.59. The number of pyridine rings is 2. The Kier molecular flexibility index (Phi) is 5.89. The predicted octanol–water partition coefficient (Wildman–Crippen LogP) is 2.95. The van der Waals surface area contributed by atoms with Gasteiger partial charge in [-0.3, -0.25) is 24.2 Å². The highest BCUT2D eigenvalue weighted by molar-refractivity contribution is 6.03. The molecular weight excluding hydrogens is 408 g/mol. The van der Waals surface area contributed by atoms with Crippen molar-refractivity contribution >= 4 is 17.5 Å². The molecule has 160 valence electrons. The second-order valence-electron chi connectivity index (χ2n) is 7.04. The van der Waals surface area contributed by atoms with Gasteiger partial charge < -0.3 is 15.8 Å². The van der Waals surface area contributed by atoms with Crippen molar-refractivity contribution in [2.24, 2.45) is 12.8 Å². The van der Waals surface area contributed by atoms with Crippen LogP contribution in [0.5, 0.6) is 11.5 Å². The highest BCUT2D eigenvalue weighted by Gasteiger charge is 2.14. The molecule has 0 bridgehead atoms.